The average molecular weight is 464 g/mol. The van der Waals surface area contributed by atoms with E-state index in [4.69, 9.17) is 44.8 Å². The molecule has 150 valence electrons. The van der Waals surface area contributed by atoms with Gasteiger partial charge in [0.1, 0.15) is 6.07 Å². The van der Waals surface area contributed by atoms with E-state index in [1.807, 2.05) is 4.98 Å². The van der Waals surface area contributed by atoms with E-state index in [2.05, 4.69) is 15.6 Å². The minimum Gasteiger partial charge on any atom is -0.434 e. The number of nitrogens with one attached hydrogen (secondary N) is 2. The standard InChI is InChI=1S/C18H9Cl3N6O3/c19-11-3-1-2-9-10(11)7-23-25-17(9)30-15-12(20)4-8(5-13(15)21)27-18(29)24-16(28)14(6-22)26-27/h1-5,23H,7H2,(H,24,28,29). The quantitative estimate of drug-likeness (QED) is 0.602. The molecule has 1 aliphatic heterocycles. The predicted octanol–water partition coefficient (Wildman–Crippen LogP) is 2.60. The molecule has 0 spiro atoms. The highest BCUT2D eigenvalue weighted by atomic mass is 35.5. The summed E-state index contributed by atoms with van der Waals surface area (Å²) >= 11 is 18.9. The van der Waals surface area contributed by atoms with Crippen molar-refractivity contribution in [3.8, 4) is 17.5 Å². The lowest BCUT2D eigenvalue weighted by Gasteiger charge is -2.20. The maximum atomic E-state index is 12.1. The molecule has 2 N–H and O–H groups in total. The van der Waals surface area contributed by atoms with E-state index in [9.17, 15) is 9.59 Å². The van der Waals surface area contributed by atoms with Crippen LogP contribution in [0, 0.1) is 11.3 Å². The molecule has 3 aromatic rings. The third-order valence-corrected chi connectivity index (χ3v) is 5.06. The Balaban J connectivity index is 1.75. The zero-order valence-corrected chi connectivity index (χ0v) is 17.0. The minimum atomic E-state index is -0.893. The van der Waals surface area contributed by atoms with Crippen molar-refractivity contribution in [3.05, 3.63) is 83.1 Å². The van der Waals surface area contributed by atoms with Crippen molar-refractivity contribution in [2.75, 3.05) is 0 Å². The smallest absolute Gasteiger partial charge is 0.349 e. The zero-order valence-electron chi connectivity index (χ0n) is 14.7. The van der Waals surface area contributed by atoms with Crippen molar-refractivity contribution >= 4 is 40.7 Å². The van der Waals surface area contributed by atoms with Crippen molar-refractivity contribution in [1.82, 2.24) is 20.2 Å². The summed E-state index contributed by atoms with van der Waals surface area (Å²) in [6.07, 6.45) is 0. The molecule has 0 aliphatic carbocycles. The largest absolute Gasteiger partial charge is 0.434 e. The molecule has 2 heterocycles. The molecule has 0 unspecified atom stereocenters. The fourth-order valence-corrected chi connectivity index (χ4v) is 3.57. The number of hydrazone groups is 1. The van der Waals surface area contributed by atoms with Crippen LogP contribution in [0.5, 0.6) is 5.75 Å². The summed E-state index contributed by atoms with van der Waals surface area (Å²) in [5.74, 6) is 0.301. The van der Waals surface area contributed by atoms with E-state index in [0.717, 1.165) is 10.2 Å². The number of ether oxygens (including phenoxy) is 1. The Bertz CT molecular complexity index is 1350. The Morgan fingerprint density at radius 2 is 1.87 bits per heavy atom. The highest BCUT2D eigenvalue weighted by molar-refractivity contribution is 6.37. The molecule has 4 rings (SSSR count). The van der Waals surface area contributed by atoms with Gasteiger partial charge in [0.2, 0.25) is 11.6 Å². The molecule has 0 saturated heterocycles. The van der Waals surface area contributed by atoms with Gasteiger partial charge in [-0.05, 0) is 24.3 Å². The molecular weight excluding hydrogens is 455 g/mol. The molecule has 0 amide bonds. The van der Waals surface area contributed by atoms with Gasteiger partial charge < -0.3 is 10.2 Å². The van der Waals surface area contributed by atoms with Crippen molar-refractivity contribution < 1.29 is 4.74 Å². The Labute approximate surface area is 183 Å². The first-order chi connectivity index (χ1) is 14.4. The molecule has 30 heavy (non-hydrogen) atoms. The number of benzene rings is 2. The van der Waals surface area contributed by atoms with Crippen LogP contribution in [-0.2, 0) is 6.54 Å². The lowest BCUT2D eigenvalue weighted by Crippen LogP contribution is -2.33. The molecule has 1 aliphatic rings. The average Bonchev–Trinajstić information content (AvgIpc) is 2.71. The number of H-pyrrole nitrogens is 1. The number of hydrogen-bond acceptors (Lipinski definition) is 7. The summed E-state index contributed by atoms with van der Waals surface area (Å²) in [6.45, 7) is 0.435. The van der Waals surface area contributed by atoms with Gasteiger partial charge in [0, 0.05) is 16.1 Å². The van der Waals surface area contributed by atoms with Crippen LogP contribution >= 0.6 is 34.8 Å². The van der Waals surface area contributed by atoms with Gasteiger partial charge in [0.15, 0.2) is 5.75 Å². The van der Waals surface area contributed by atoms with Gasteiger partial charge in [-0.3, -0.25) is 9.78 Å². The van der Waals surface area contributed by atoms with Crippen molar-refractivity contribution in [3.63, 3.8) is 0 Å². The van der Waals surface area contributed by atoms with Crippen LogP contribution < -0.4 is 21.4 Å². The molecule has 0 fully saturated rings. The maximum Gasteiger partial charge on any atom is 0.349 e. The summed E-state index contributed by atoms with van der Waals surface area (Å²) < 4.78 is 6.63. The maximum absolute atomic E-state index is 12.1. The summed E-state index contributed by atoms with van der Waals surface area (Å²) in [7, 11) is 0. The van der Waals surface area contributed by atoms with E-state index in [-0.39, 0.29) is 27.4 Å². The van der Waals surface area contributed by atoms with E-state index >= 15 is 0 Å². The van der Waals surface area contributed by atoms with Crippen LogP contribution in [0.3, 0.4) is 0 Å². The summed E-state index contributed by atoms with van der Waals surface area (Å²) in [5.41, 5.74) is 2.20. The first kappa shape index (κ1) is 20.0. The Kier molecular flexibility index (Phi) is 5.22. The van der Waals surface area contributed by atoms with Gasteiger partial charge in [0.25, 0.3) is 5.56 Å². The SMILES string of the molecule is N#Cc1nn(-c2cc(Cl)c(OC3=NNCc4c(Cl)cccc43)c(Cl)c2)c(=O)[nH]c1=O. The van der Waals surface area contributed by atoms with Crippen molar-refractivity contribution in [2.45, 2.75) is 6.54 Å². The second-order valence-corrected chi connectivity index (χ2v) is 7.21. The van der Waals surface area contributed by atoms with Gasteiger partial charge >= 0.3 is 5.69 Å². The van der Waals surface area contributed by atoms with E-state index in [1.165, 1.54) is 12.1 Å². The van der Waals surface area contributed by atoms with Crippen LogP contribution in [0.15, 0.2) is 45.0 Å². The number of hydrogen-bond donors (Lipinski definition) is 2. The molecule has 0 bridgehead atoms. The number of halogens is 3. The first-order valence-electron chi connectivity index (χ1n) is 8.28. The van der Waals surface area contributed by atoms with Gasteiger partial charge in [-0.1, -0.05) is 40.9 Å². The molecular formula is C18H9Cl3N6O3. The Morgan fingerprint density at radius 1 is 1.13 bits per heavy atom. The van der Waals surface area contributed by atoms with Crippen LogP contribution in [-0.4, -0.2) is 20.7 Å². The molecule has 9 nitrogen and oxygen atoms in total. The lowest BCUT2D eigenvalue weighted by atomic mass is 10.1. The second kappa shape index (κ2) is 7.84. The third kappa shape index (κ3) is 3.52. The highest BCUT2D eigenvalue weighted by Crippen LogP contribution is 2.36. The van der Waals surface area contributed by atoms with Crippen molar-refractivity contribution in [1.29, 1.82) is 5.26 Å². The van der Waals surface area contributed by atoms with Gasteiger partial charge in [-0.25, -0.2) is 4.79 Å². The van der Waals surface area contributed by atoms with Gasteiger partial charge in [-0.15, -0.1) is 10.2 Å². The number of aromatic nitrogens is 3. The predicted molar refractivity (Wildman–Crippen MR) is 111 cm³/mol. The van der Waals surface area contributed by atoms with Crippen LogP contribution in [0.2, 0.25) is 15.1 Å². The fraction of sp³-hybridized carbons (Fsp3) is 0.0556. The highest BCUT2D eigenvalue weighted by Gasteiger charge is 2.22. The topological polar surface area (TPSA) is 125 Å². The zero-order chi connectivity index (χ0) is 21.4. The number of nitrogens with zero attached hydrogens (tertiary/aromatic N) is 4. The number of aromatic amines is 1. The van der Waals surface area contributed by atoms with Crippen LogP contribution in [0.1, 0.15) is 16.8 Å². The van der Waals surface area contributed by atoms with Crippen LogP contribution in [0.4, 0.5) is 0 Å². The molecule has 0 atom stereocenters. The second-order valence-electron chi connectivity index (χ2n) is 5.99. The summed E-state index contributed by atoms with van der Waals surface area (Å²) in [6, 6.07) is 9.62. The number of nitriles is 1. The minimum absolute atomic E-state index is 0.0489. The summed E-state index contributed by atoms with van der Waals surface area (Å²) in [4.78, 5) is 25.6. The monoisotopic (exact) mass is 462 g/mol. The first-order valence-corrected chi connectivity index (χ1v) is 9.41. The van der Waals surface area contributed by atoms with E-state index in [1.54, 1.807) is 24.3 Å². The fourth-order valence-electron chi connectivity index (χ4n) is 2.78. The van der Waals surface area contributed by atoms with Crippen LogP contribution in [0.25, 0.3) is 5.69 Å². The van der Waals surface area contributed by atoms with Crippen molar-refractivity contribution in [2.24, 2.45) is 5.10 Å². The van der Waals surface area contributed by atoms with Gasteiger partial charge in [0.05, 0.1) is 22.3 Å². The van der Waals surface area contributed by atoms with E-state index < -0.39 is 16.9 Å². The van der Waals surface area contributed by atoms with Gasteiger partial charge in [-0.2, -0.15) is 9.94 Å². The Morgan fingerprint density at radius 3 is 2.57 bits per heavy atom. The molecule has 1 aromatic heterocycles. The number of rotatable bonds is 2. The Hall–Kier alpha value is -3.32. The third-order valence-electron chi connectivity index (χ3n) is 4.15. The van der Waals surface area contributed by atoms with E-state index in [0.29, 0.717) is 17.1 Å². The molecule has 2 aromatic carbocycles. The molecule has 0 radical (unpaired) electrons. The number of fused-ring (bicyclic) bond motifs is 1. The molecule has 12 heteroatoms. The molecule has 0 saturated carbocycles. The summed E-state index contributed by atoms with van der Waals surface area (Å²) in [5, 5.41) is 17.5. The normalized spacial score (nSPS) is 12.4. The lowest BCUT2D eigenvalue weighted by molar-refractivity contribution is 0.529.